The molecule has 6 heteroatoms. The second-order valence-corrected chi connectivity index (χ2v) is 4.65. The van der Waals surface area contributed by atoms with Crippen molar-refractivity contribution in [2.24, 2.45) is 7.05 Å². The van der Waals surface area contributed by atoms with Crippen molar-refractivity contribution in [1.29, 1.82) is 0 Å². The van der Waals surface area contributed by atoms with Crippen LogP contribution in [0.3, 0.4) is 0 Å². The summed E-state index contributed by atoms with van der Waals surface area (Å²) >= 11 is 6.16. The first-order valence-corrected chi connectivity index (χ1v) is 6.55. The lowest BCUT2D eigenvalue weighted by Gasteiger charge is -2.11. The topological polar surface area (TPSA) is 69.3 Å². The van der Waals surface area contributed by atoms with Crippen LogP contribution >= 0.6 is 11.6 Å². The van der Waals surface area contributed by atoms with Crippen molar-refractivity contribution in [3.05, 3.63) is 41.2 Å². The van der Waals surface area contributed by atoms with Crippen LogP contribution in [0.1, 0.15) is 17.4 Å². The molecule has 5 nitrogen and oxygen atoms in total. The number of hydrogen-bond acceptors (Lipinski definition) is 4. The van der Waals surface area contributed by atoms with E-state index in [4.69, 9.17) is 22.1 Å². The van der Waals surface area contributed by atoms with E-state index in [1.54, 1.807) is 30.8 Å². The van der Waals surface area contributed by atoms with Gasteiger partial charge in [0.25, 0.3) is 0 Å². The first-order valence-electron chi connectivity index (χ1n) is 6.18. The van der Waals surface area contributed by atoms with Crippen LogP contribution < -0.4 is 11.1 Å². The zero-order chi connectivity index (χ0) is 14.7. The third-order valence-electron chi connectivity index (χ3n) is 2.82. The Kier molecular flexibility index (Phi) is 4.20. The van der Waals surface area contributed by atoms with Crippen LogP contribution in [0.25, 0.3) is 0 Å². The van der Waals surface area contributed by atoms with Crippen molar-refractivity contribution in [2.75, 3.05) is 17.7 Å². The Balaban J connectivity index is 2.41. The van der Waals surface area contributed by atoms with Gasteiger partial charge in [-0.05, 0) is 19.1 Å². The van der Waals surface area contributed by atoms with Gasteiger partial charge in [0.15, 0.2) is 5.69 Å². The van der Waals surface area contributed by atoms with Crippen molar-refractivity contribution < 1.29 is 9.53 Å². The highest BCUT2D eigenvalue weighted by Crippen LogP contribution is 2.33. The molecule has 0 aliphatic heterocycles. The third-order valence-corrected chi connectivity index (χ3v) is 3.11. The standard InChI is InChI=1S/C14H16ClN3O2/c1-3-20-14(19)13-12(9(15)8-18(13)2)17-11-7-5-4-6-10(11)16/h4-8,17H,3,16H2,1-2H3. The fraction of sp³-hybridized carbons (Fsp3) is 0.214. The molecule has 0 saturated carbocycles. The van der Waals surface area contributed by atoms with Crippen LogP contribution in [0.5, 0.6) is 0 Å². The minimum absolute atomic E-state index is 0.300. The number of esters is 1. The number of anilines is 3. The molecule has 0 spiro atoms. The summed E-state index contributed by atoms with van der Waals surface area (Å²) in [7, 11) is 1.73. The number of ether oxygens (including phenoxy) is 1. The summed E-state index contributed by atoms with van der Waals surface area (Å²) in [6, 6.07) is 7.26. The zero-order valence-corrected chi connectivity index (χ0v) is 12.1. The number of nitrogens with two attached hydrogens (primary N) is 1. The van der Waals surface area contributed by atoms with Crippen LogP contribution in [0, 0.1) is 0 Å². The van der Waals surface area contributed by atoms with E-state index in [1.807, 2.05) is 18.2 Å². The van der Waals surface area contributed by atoms with Gasteiger partial charge in [0.05, 0.1) is 28.7 Å². The fourth-order valence-electron chi connectivity index (χ4n) is 1.90. The lowest BCUT2D eigenvalue weighted by atomic mass is 10.2. The number of aromatic nitrogens is 1. The molecule has 1 heterocycles. The minimum Gasteiger partial charge on any atom is -0.461 e. The number of rotatable bonds is 4. The lowest BCUT2D eigenvalue weighted by molar-refractivity contribution is 0.0516. The number of aryl methyl sites for hydroxylation is 1. The predicted molar refractivity (Wildman–Crippen MR) is 80.5 cm³/mol. The van der Waals surface area contributed by atoms with Gasteiger partial charge in [-0.1, -0.05) is 23.7 Å². The van der Waals surface area contributed by atoms with E-state index >= 15 is 0 Å². The highest BCUT2D eigenvalue weighted by atomic mass is 35.5. The average molecular weight is 294 g/mol. The molecule has 20 heavy (non-hydrogen) atoms. The van der Waals surface area contributed by atoms with E-state index in [9.17, 15) is 4.79 Å². The molecule has 1 aromatic carbocycles. The Hall–Kier alpha value is -2.14. The fourth-order valence-corrected chi connectivity index (χ4v) is 2.18. The second-order valence-electron chi connectivity index (χ2n) is 4.24. The molecule has 0 atom stereocenters. The van der Waals surface area contributed by atoms with Gasteiger partial charge in [0.2, 0.25) is 0 Å². The average Bonchev–Trinajstić information content (AvgIpc) is 2.67. The van der Waals surface area contributed by atoms with E-state index in [0.29, 0.717) is 34.4 Å². The molecule has 0 fully saturated rings. The highest BCUT2D eigenvalue weighted by Gasteiger charge is 2.21. The van der Waals surface area contributed by atoms with Crippen molar-refractivity contribution >= 4 is 34.6 Å². The minimum atomic E-state index is -0.432. The summed E-state index contributed by atoms with van der Waals surface area (Å²) in [6.45, 7) is 2.05. The maximum absolute atomic E-state index is 12.0. The van der Waals surface area contributed by atoms with Crippen LogP contribution in [0.15, 0.2) is 30.5 Å². The van der Waals surface area contributed by atoms with E-state index in [1.165, 1.54) is 0 Å². The summed E-state index contributed by atoms with van der Waals surface area (Å²) in [5.74, 6) is -0.432. The van der Waals surface area contributed by atoms with Crippen LogP contribution in [0.4, 0.5) is 17.1 Å². The molecule has 0 saturated heterocycles. The SMILES string of the molecule is CCOC(=O)c1c(Nc2ccccc2N)c(Cl)cn1C. The van der Waals surface area contributed by atoms with Gasteiger partial charge in [-0.15, -0.1) is 0 Å². The summed E-state index contributed by atoms with van der Waals surface area (Å²) in [5, 5.41) is 3.52. The van der Waals surface area contributed by atoms with Crippen molar-refractivity contribution in [3.63, 3.8) is 0 Å². The Morgan fingerprint density at radius 2 is 2.15 bits per heavy atom. The van der Waals surface area contributed by atoms with Crippen LogP contribution in [0.2, 0.25) is 5.02 Å². The molecule has 2 rings (SSSR count). The smallest absolute Gasteiger partial charge is 0.357 e. The normalized spacial score (nSPS) is 10.3. The molecular formula is C14H16ClN3O2. The number of nitrogens with zero attached hydrogens (tertiary/aromatic N) is 1. The van der Waals surface area contributed by atoms with Gasteiger partial charge < -0.3 is 20.4 Å². The molecule has 0 radical (unpaired) electrons. The number of halogens is 1. The lowest BCUT2D eigenvalue weighted by Crippen LogP contribution is -2.11. The molecular weight excluding hydrogens is 278 g/mol. The molecule has 0 unspecified atom stereocenters. The van der Waals surface area contributed by atoms with Gasteiger partial charge in [-0.2, -0.15) is 0 Å². The Bertz CT molecular complexity index is 637. The Labute approximate surface area is 122 Å². The number of hydrogen-bond donors (Lipinski definition) is 2. The number of para-hydroxylation sites is 2. The molecule has 1 aromatic heterocycles. The first-order chi connectivity index (χ1) is 9.54. The largest absolute Gasteiger partial charge is 0.461 e. The molecule has 0 aliphatic carbocycles. The van der Waals surface area contributed by atoms with Crippen LogP contribution in [-0.4, -0.2) is 17.1 Å². The molecule has 0 bridgehead atoms. The number of nitrogens with one attached hydrogen (secondary N) is 1. The molecule has 0 amide bonds. The van der Waals surface area contributed by atoms with Crippen LogP contribution in [-0.2, 0) is 11.8 Å². The predicted octanol–water partition coefficient (Wildman–Crippen LogP) is 3.18. The summed E-state index contributed by atoms with van der Waals surface area (Å²) < 4.78 is 6.67. The van der Waals surface area contributed by atoms with E-state index < -0.39 is 5.97 Å². The highest BCUT2D eigenvalue weighted by molar-refractivity contribution is 6.34. The summed E-state index contributed by atoms with van der Waals surface area (Å²) in [6.07, 6.45) is 1.65. The second kappa shape index (κ2) is 5.88. The van der Waals surface area contributed by atoms with Gasteiger partial charge >= 0.3 is 5.97 Å². The van der Waals surface area contributed by atoms with Crippen molar-refractivity contribution in [3.8, 4) is 0 Å². The Morgan fingerprint density at radius 3 is 2.80 bits per heavy atom. The van der Waals surface area contributed by atoms with Crippen molar-refractivity contribution in [1.82, 2.24) is 4.57 Å². The van der Waals surface area contributed by atoms with E-state index in [0.717, 1.165) is 0 Å². The molecule has 0 aliphatic rings. The summed E-state index contributed by atoms with van der Waals surface area (Å²) in [4.78, 5) is 12.0. The first kappa shape index (κ1) is 14.3. The quantitative estimate of drug-likeness (QED) is 0.671. The number of nitrogen functional groups attached to an aromatic ring is 1. The molecule has 2 aromatic rings. The number of benzene rings is 1. The zero-order valence-electron chi connectivity index (χ0n) is 11.3. The van der Waals surface area contributed by atoms with Crippen molar-refractivity contribution in [2.45, 2.75) is 6.92 Å². The summed E-state index contributed by atoms with van der Waals surface area (Å²) in [5.41, 5.74) is 7.99. The third kappa shape index (κ3) is 2.72. The van der Waals surface area contributed by atoms with Gasteiger partial charge in [-0.3, -0.25) is 0 Å². The molecule has 106 valence electrons. The number of carbonyl (C=O) groups excluding carboxylic acids is 1. The monoisotopic (exact) mass is 293 g/mol. The maximum atomic E-state index is 12.0. The number of carbonyl (C=O) groups is 1. The van der Waals surface area contributed by atoms with Gasteiger partial charge in [0, 0.05) is 13.2 Å². The molecule has 3 N–H and O–H groups in total. The van der Waals surface area contributed by atoms with Gasteiger partial charge in [0.1, 0.15) is 0 Å². The maximum Gasteiger partial charge on any atom is 0.357 e. The van der Waals surface area contributed by atoms with Gasteiger partial charge in [-0.25, -0.2) is 4.79 Å². The van der Waals surface area contributed by atoms with E-state index in [2.05, 4.69) is 5.32 Å². The van der Waals surface area contributed by atoms with E-state index in [-0.39, 0.29) is 0 Å². The Morgan fingerprint density at radius 1 is 1.45 bits per heavy atom.